The Morgan fingerprint density at radius 3 is 2.56 bits per heavy atom. The van der Waals surface area contributed by atoms with Crippen LogP contribution in [0.25, 0.3) is 0 Å². The third-order valence-corrected chi connectivity index (χ3v) is 2.64. The Morgan fingerprint density at radius 2 is 2.12 bits per heavy atom. The Labute approximate surface area is 94.1 Å². The smallest absolute Gasteiger partial charge is 0.294 e. The number of alkyl halides is 4. The van der Waals surface area contributed by atoms with Crippen molar-refractivity contribution in [3.63, 3.8) is 0 Å². The summed E-state index contributed by atoms with van der Waals surface area (Å²) < 4.78 is 51.7. The molecular formula is C10H7ClF4O. The highest BCUT2D eigenvalue weighted by atomic mass is 35.5. The van der Waals surface area contributed by atoms with E-state index in [9.17, 15) is 22.4 Å². The molecule has 1 nitrogen and oxygen atoms in total. The van der Waals surface area contributed by atoms with E-state index in [1.807, 2.05) is 0 Å². The SMILES string of the molecule is C=CC(=O)C1C=CC=C(Cl)C1(F)C(F)(F)F. The van der Waals surface area contributed by atoms with Crippen LogP contribution in [0.4, 0.5) is 17.6 Å². The number of carbonyl (C=O) groups is 1. The first-order chi connectivity index (χ1) is 7.25. The molecule has 0 aromatic rings. The minimum absolute atomic E-state index is 0.643. The number of halogens is 5. The monoisotopic (exact) mass is 254 g/mol. The number of allylic oxidation sites excluding steroid dienone is 5. The predicted molar refractivity (Wildman–Crippen MR) is 51.7 cm³/mol. The van der Waals surface area contributed by atoms with E-state index in [0.717, 1.165) is 18.2 Å². The van der Waals surface area contributed by atoms with Crippen molar-refractivity contribution in [2.24, 2.45) is 5.92 Å². The molecule has 0 bridgehead atoms. The van der Waals surface area contributed by atoms with E-state index < -0.39 is 28.6 Å². The summed E-state index contributed by atoms with van der Waals surface area (Å²) in [6.07, 6.45) is -1.90. The molecule has 2 unspecified atom stereocenters. The second kappa shape index (κ2) is 4.05. The summed E-state index contributed by atoms with van der Waals surface area (Å²) in [5.41, 5.74) is -3.87. The largest absolute Gasteiger partial charge is 0.428 e. The quantitative estimate of drug-likeness (QED) is 0.546. The van der Waals surface area contributed by atoms with Gasteiger partial charge in [0, 0.05) is 0 Å². The van der Waals surface area contributed by atoms with Gasteiger partial charge in [0.05, 0.1) is 11.0 Å². The summed E-state index contributed by atoms with van der Waals surface area (Å²) in [4.78, 5) is 11.2. The summed E-state index contributed by atoms with van der Waals surface area (Å²) in [6.45, 7) is 3.03. The van der Waals surface area contributed by atoms with Gasteiger partial charge in [-0.3, -0.25) is 4.79 Å². The highest BCUT2D eigenvalue weighted by Gasteiger charge is 2.64. The van der Waals surface area contributed by atoms with Gasteiger partial charge >= 0.3 is 6.18 Å². The van der Waals surface area contributed by atoms with Crippen molar-refractivity contribution < 1.29 is 22.4 Å². The Bertz CT molecular complexity index is 383. The standard InChI is InChI=1S/C10H7ClF4O/c1-2-7(16)6-4-3-5-8(11)9(6,12)10(13,14)15/h2-6H,1H2. The molecule has 0 spiro atoms. The van der Waals surface area contributed by atoms with Crippen LogP contribution in [0.15, 0.2) is 35.9 Å². The van der Waals surface area contributed by atoms with Crippen LogP contribution in [0.2, 0.25) is 0 Å². The molecule has 1 aliphatic rings. The van der Waals surface area contributed by atoms with Crippen molar-refractivity contribution in [2.75, 3.05) is 0 Å². The van der Waals surface area contributed by atoms with Crippen LogP contribution in [0.3, 0.4) is 0 Å². The molecule has 2 atom stereocenters. The van der Waals surface area contributed by atoms with Crippen LogP contribution in [0.5, 0.6) is 0 Å². The van der Waals surface area contributed by atoms with Gasteiger partial charge in [-0.05, 0) is 12.2 Å². The molecule has 1 aliphatic carbocycles. The lowest BCUT2D eigenvalue weighted by molar-refractivity contribution is -0.224. The van der Waals surface area contributed by atoms with Crippen molar-refractivity contribution in [3.05, 3.63) is 35.9 Å². The molecule has 16 heavy (non-hydrogen) atoms. The van der Waals surface area contributed by atoms with Gasteiger partial charge in [0.2, 0.25) is 0 Å². The third-order valence-electron chi connectivity index (χ3n) is 2.24. The van der Waals surface area contributed by atoms with Crippen LogP contribution < -0.4 is 0 Å². The summed E-state index contributed by atoms with van der Waals surface area (Å²) in [7, 11) is 0. The van der Waals surface area contributed by atoms with Gasteiger partial charge in [-0.1, -0.05) is 30.3 Å². The van der Waals surface area contributed by atoms with Crippen molar-refractivity contribution in [1.29, 1.82) is 0 Å². The maximum atomic E-state index is 13.9. The first kappa shape index (κ1) is 13.0. The highest BCUT2D eigenvalue weighted by Crippen LogP contribution is 2.49. The number of carbonyl (C=O) groups excluding carboxylic acids is 1. The van der Waals surface area contributed by atoms with Crippen molar-refractivity contribution in [1.82, 2.24) is 0 Å². The molecule has 6 heteroatoms. The molecule has 0 aromatic heterocycles. The van der Waals surface area contributed by atoms with Crippen LogP contribution in [0, 0.1) is 5.92 Å². The van der Waals surface area contributed by atoms with Gasteiger partial charge in [0.15, 0.2) is 5.78 Å². The van der Waals surface area contributed by atoms with Gasteiger partial charge in [-0.2, -0.15) is 13.2 Å². The van der Waals surface area contributed by atoms with E-state index in [1.54, 1.807) is 0 Å². The lowest BCUT2D eigenvalue weighted by Gasteiger charge is -2.33. The number of ketones is 1. The maximum absolute atomic E-state index is 13.9. The molecule has 0 fully saturated rings. The number of rotatable bonds is 2. The Morgan fingerprint density at radius 1 is 1.56 bits per heavy atom. The minimum Gasteiger partial charge on any atom is -0.294 e. The molecule has 0 aromatic carbocycles. The minimum atomic E-state index is -5.26. The molecule has 0 saturated heterocycles. The molecule has 0 aliphatic heterocycles. The van der Waals surface area contributed by atoms with Crippen molar-refractivity contribution >= 4 is 17.4 Å². The second-order valence-corrected chi connectivity index (χ2v) is 3.60. The topological polar surface area (TPSA) is 17.1 Å². The molecule has 0 heterocycles. The van der Waals surface area contributed by atoms with E-state index in [2.05, 4.69) is 6.58 Å². The first-order valence-corrected chi connectivity index (χ1v) is 4.59. The fourth-order valence-electron chi connectivity index (χ4n) is 1.38. The molecule has 1 rings (SSSR count). The normalized spacial score (nSPS) is 29.8. The second-order valence-electron chi connectivity index (χ2n) is 3.19. The maximum Gasteiger partial charge on any atom is 0.428 e. The van der Waals surface area contributed by atoms with Crippen LogP contribution in [-0.2, 0) is 4.79 Å². The van der Waals surface area contributed by atoms with E-state index in [0.29, 0.717) is 6.08 Å². The molecule has 0 radical (unpaired) electrons. The molecule has 0 amide bonds. The van der Waals surface area contributed by atoms with Crippen LogP contribution in [0.1, 0.15) is 0 Å². The zero-order valence-electron chi connectivity index (χ0n) is 7.89. The van der Waals surface area contributed by atoms with Gasteiger partial charge in [0.1, 0.15) is 0 Å². The Kier molecular flexibility index (Phi) is 3.28. The van der Waals surface area contributed by atoms with E-state index in [1.165, 1.54) is 0 Å². The Hall–Kier alpha value is -1.10. The Balaban J connectivity index is 3.30. The van der Waals surface area contributed by atoms with Crippen LogP contribution in [-0.4, -0.2) is 17.6 Å². The number of hydrogen-bond donors (Lipinski definition) is 0. The lowest BCUT2D eigenvalue weighted by Crippen LogP contribution is -2.50. The summed E-state index contributed by atoms with van der Waals surface area (Å²) in [5.74, 6) is -3.08. The number of hydrogen-bond acceptors (Lipinski definition) is 1. The lowest BCUT2D eigenvalue weighted by atomic mass is 9.81. The van der Waals surface area contributed by atoms with E-state index >= 15 is 0 Å². The van der Waals surface area contributed by atoms with Crippen LogP contribution >= 0.6 is 11.6 Å². The fraction of sp³-hybridized carbons (Fsp3) is 0.300. The van der Waals surface area contributed by atoms with E-state index in [-0.39, 0.29) is 0 Å². The van der Waals surface area contributed by atoms with Gasteiger partial charge in [0.25, 0.3) is 5.67 Å². The molecule has 0 saturated carbocycles. The van der Waals surface area contributed by atoms with Gasteiger partial charge in [-0.15, -0.1) is 0 Å². The first-order valence-electron chi connectivity index (χ1n) is 4.21. The summed E-state index contributed by atoms with van der Waals surface area (Å²) in [6, 6.07) is 0. The molecule has 0 N–H and O–H groups in total. The average Bonchev–Trinajstić information content (AvgIpc) is 2.19. The van der Waals surface area contributed by atoms with Gasteiger partial charge < -0.3 is 0 Å². The zero-order valence-corrected chi connectivity index (χ0v) is 8.65. The predicted octanol–water partition coefficient (Wildman–Crippen LogP) is 3.32. The molecule has 88 valence electrons. The van der Waals surface area contributed by atoms with Gasteiger partial charge in [-0.25, -0.2) is 4.39 Å². The van der Waals surface area contributed by atoms with Crippen molar-refractivity contribution in [2.45, 2.75) is 11.8 Å². The molecular weight excluding hydrogens is 248 g/mol. The third kappa shape index (κ3) is 1.80. The van der Waals surface area contributed by atoms with Crippen molar-refractivity contribution in [3.8, 4) is 0 Å². The summed E-state index contributed by atoms with van der Waals surface area (Å²) >= 11 is 5.23. The average molecular weight is 255 g/mol. The highest BCUT2D eigenvalue weighted by molar-refractivity contribution is 6.31. The zero-order chi connectivity index (χ0) is 12.6. The fourth-order valence-corrected chi connectivity index (χ4v) is 1.68. The summed E-state index contributed by atoms with van der Waals surface area (Å²) in [5, 5.41) is -1.05. The van der Waals surface area contributed by atoms with E-state index in [4.69, 9.17) is 11.6 Å².